The van der Waals surface area contributed by atoms with Crippen LogP contribution >= 0.6 is 0 Å². The standard InChI is InChI=1S/C11H5F11O/c12-7(13,5-1-3-6(23)4-2-5)8(14,15)9(16,17)10(18,19)11(20,21)22/h1-4,23H. The van der Waals surface area contributed by atoms with Crippen molar-refractivity contribution in [3.05, 3.63) is 29.8 Å². The molecular weight excluding hydrogens is 357 g/mol. The number of phenolic OH excluding ortho intramolecular Hbond substituents is 1. The fraction of sp³-hybridized carbons (Fsp3) is 0.455. The monoisotopic (exact) mass is 362 g/mol. The highest BCUT2D eigenvalue weighted by atomic mass is 19.4. The van der Waals surface area contributed by atoms with Crippen LogP contribution in [0.2, 0.25) is 0 Å². The second kappa shape index (κ2) is 5.13. The molecule has 0 fully saturated rings. The van der Waals surface area contributed by atoms with E-state index in [1.807, 2.05) is 0 Å². The number of rotatable bonds is 4. The summed E-state index contributed by atoms with van der Waals surface area (Å²) in [5.74, 6) is -28.8. The van der Waals surface area contributed by atoms with Gasteiger partial charge in [-0.2, -0.15) is 48.3 Å². The fourth-order valence-electron chi connectivity index (χ4n) is 1.42. The zero-order valence-electron chi connectivity index (χ0n) is 10.4. The Bertz CT molecular complexity index is 558. The SMILES string of the molecule is Oc1ccc(C(F)(F)C(F)(F)C(F)(F)C(F)(F)C(F)(F)F)cc1. The predicted molar refractivity (Wildman–Crippen MR) is 52.9 cm³/mol. The van der Waals surface area contributed by atoms with E-state index in [4.69, 9.17) is 5.11 Å². The zero-order chi connectivity index (χ0) is 18.5. The number of aromatic hydroxyl groups is 1. The van der Waals surface area contributed by atoms with E-state index < -0.39 is 41.2 Å². The van der Waals surface area contributed by atoms with Gasteiger partial charge in [0.05, 0.1) is 0 Å². The summed E-state index contributed by atoms with van der Waals surface area (Å²) in [6.45, 7) is 0. The summed E-state index contributed by atoms with van der Waals surface area (Å²) in [4.78, 5) is 0. The van der Waals surface area contributed by atoms with Gasteiger partial charge in [0.15, 0.2) is 0 Å². The number of halogens is 11. The Hall–Kier alpha value is -1.75. The van der Waals surface area contributed by atoms with E-state index >= 15 is 0 Å². The van der Waals surface area contributed by atoms with E-state index in [-0.39, 0.29) is 12.1 Å². The van der Waals surface area contributed by atoms with Crippen LogP contribution in [-0.2, 0) is 5.92 Å². The Balaban J connectivity index is 3.45. The molecule has 23 heavy (non-hydrogen) atoms. The first-order valence-corrected chi connectivity index (χ1v) is 5.37. The third kappa shape index (κ3) is 2.67. The van der Waals surface area contributed by atoms with Gasteiger partial charge in [0.1, 0.15) is 5.75 Å². The van der Waals surface area contributed by atoms with Crippen molar-refractivity contribution in [2.45, 2.75) is 29.9 Å². The summed E-state index contributed by atoms with van der Waals surface area (Å²) in [5.41, 5.74) is -1.99. The molecule has 0 bridgehead atoms. The maximum absolute atomic E-state index is 13.5. The molecule has 1 aromatic carbocycles. The summed E-state index contributed by atoms with van der Waals surface area (Å²) in [6, 6.07) is 0.620. The van der Waals surface area contributed by atoms with Crippen molar-refractivity contribution in [2.75, 3.05) is 0 Å². The first-order chi connectivity index (χ1) is 10.00. The third-order valence-electron chi connectivity index (χ3n) is 2.77. The van der Waals surface area contributed by atoms with Gasteiger partial charge in [0.2, 0.25) is 0 Å². The minimum Gasteiger partial charge on any atom is -0.508 e. The topological polar surface area (TPSA) is 20.2 Å². The number of alkyl halides is 11. The molecule has 1 rings (SSSR count). The lowest BCUT2D eigenvalue weighted by atomic mass is 9.93. The van der Waals surface area contributed by atoms with E-state index in [0.717, 1.165) is 0 Å². The van der Waals surface area contributed by atoms with Gasteiger partial charge in [0.25, 0.3) is 0 Å². The summed E-state index contributed by atoms with van der Waals surface area (Å²) in [6.07, 6.45) is -7.19. The van der Waals surface area contributed by atoms with Crippen LogP contribution in [-0.4, -0.2) is 29.1 Å². The molecule has 0 aliphatic rings. The number of phenols is 1. The minimum absolute atomic E-state index is 0.0228. The van der Waals surface area contributed by atoms with Gasteiger partial charge in [-0.05, 0) is 24.3 Å². The van der Waals surface area contributed by atoms with Crippen LogP contribution in [0.4, 0.5) is 48.3 Å². The number of hydrogen-bond acceptors (Lipinski definition) is 1. The highest BCUT2D eigenvalue weighted by molar-refractivity contribution is 5.31. The first-order valence-electron chi connectivity index (χ1n) is 5.37. The van der Waals surface area contributed by atoms with Crippen LogP contribution in [0.5, 0.6) is 5.75 Å². The van der Waals surface area contributed by atoms with Gasteiger partial charge in [-0.15, -0.1) is 0 Å². The zero-order valence-corrected chi connectivity index (χ0v) is 10.4. The van der Waals surface area contributed by atoms with Gasteiger partial charge >= 0.3 is 29.9 Å². The van der Waals surface area contributed by atoms with Crippen molar-refractivity contribution in [3.8, 4) is 5.75 Å². The molecule has 132 valence electrons. The van der Waals surface area contributed by atoms with Crippen molar-refractivity contribution in [1.82, 2.24) is 0 Å². The Morgan fingerprint density at radius 2 is 0.957 bits per heavy atom. The minimum atomic E-state index is -7.44. The van der Waals surface area contributed by atoms with Crippen LogP contribution in [0.15, 0.2) is 24.3 Å². The molecule has 0 atom stereocenters. The predicted octanol–water partition coefficient (Wildman–Crippen LogP) is 4.95. The Labute approximate surface area is 120 Å². The molecular formula is C11H5F11O. The molecule has 0 spiro atoms. The van der Waals surface area contributed by atoms with Gasteiger partial charge in [-0.1, -0.05) is 0 Å². The Morgan fingerprint density at radius 3 is 1.30 bits per heavy atom. The fourth-order valence-corrected chi connectivity index (χ4v) is 1.42. The molecule has 0 heterocycles. The summed E-state index contributed by atoms with van der Waals surface area (Å²) < 4.78 is 140. The van der Waals surface area contributed by atoms with Gasteiger partial charge in [-0.25, -0.2) is 0 Å². The first kappa shape index (κ1) is 19.3. The molecule has 0 unspecified atom stereocenters. The molecule has 0 aromatic heterocycles. The Morgan fingerprint density at radius 1 is 0.565 bits per heavy atom. The van der Waals surface area contributed by atoms with Gasteiger partial charge in [0, 0.05) is 5.56 Å². The second-order valence-corrected chi connectivity index (χ2v) is 4.34. The Kier molecular flexibility index (Phi) is 4.30. The van der Waals surface area contributed by atoms with Crippen molar-refractivity contribution in [1.29, 1.82) is 0 Å². The molecule has 0 aliphatic heterocycles. The van der Waals surface area contributed by atoms with Crippen LogP contribution in [0.3, 0.4) is 0 Å². The lowest BCUT2D eigenvalue weighted by Crippen LogP contribution is -2.65. The summed E-state index contributed by atoms with van der Waals surface area (Å²) >= 11 is 0. The maximum atomic E-state index is 13.5. The molecule has 0 saturated carbocycles. The second-order valence-electron chi connectivity index (χ2n) is 4.34. The molecule has 1 nitrogen and oxygen atoms in total. The maximum Gasteiger partial charge on any atom is 0.460 e. The van der Waals surface area contributed by atoms with Crippen LogP contribution in [0.1, 0.15) is 5.56 Å². The normalized spacial score (nSPS) is 14.9. The van der Waals surface area contributed by atoms with E-state index in [1.165, 1.54) is 0 Å². The quantitative estimate of drug-likeness (QED) is 0.752. The molecule has 0 saturated heterocycles. The van der Waals surface area contributed by atoms with Crippen molar-refractivity contribution >= 4 is 0 Å². The largest absolute Gasteiger partial charge is 0.508 e. The number of benzene rings is 1. The average molecular weight is 362 g/mol. The summed E-state index contributed by atoms with van der Waals surface area (Å²) in [5, 5.41) is 8.77. The summed E-state index contributed by atoms with van der Waals surface area (Å²) in [7, 11) is 0. The lowest BCUT2D eigenvalue weighted by Gasteiger charge is -2.37. The van der Waals surface area contributed by atoms with Crippen LogP contribution in [0, 0.1) is 0 Å². The number of hydrogen-bond donors (Lipinski definition) is 1. The molecule has 0 amide bonds. The van der Waals surface area contributed by atoms with E-state index in [2.05, 4.69) is 0 Å². The highest BCUT2D eigenvalue weighted by Gasteiger charge is 2.87. The van der Waals surface area contributed by atoms with Crippen molar-refractivity contribution in [2.24, 2.45) is 0 Å². The van der Waals surface area contributed by atoms with E-state index in [1.54, 1.807) is 0 Å². The molecule has 1 aromatic rings. The third-order valence-corrected chi connectivity index (χ3v) is 2.77. The molecule has 1 N–H and O–H groups in total. The van der Waals surface area contributed by atoms with E-state index in [9.17, 15) is 48.3 Å². The molecule has 12 heteroatoms. The lowest BCUT2D eigenvalue weighted by molar-refractivity contribution is -0.424. The average Bonchev–Trinajstić information content (AvgIpc) is 2.37. The van der Waals surface area contributed by atoms with Gasteiger partial charge in [-0.3, -0.25) is 0 Å². The van der Waals surface area contributed by atoms with Crippen LogP contribution < -0.4 is 0 Å². The smallest absolute Gasteiger partial charge is 0.460 e. The van der Waals surface area contributed by atoms with E-state index in [0.29, 0.717) is 12.1 Å². The van der Waals surface area contributed by atoms with Crippen molar-refractivity contribution < 1.29 is 53.4 Å². The van der Waals surface area contributed by atoms with Crippen molar-refractivity contribution in [3.63, 3.8) is 0 Å². The molecule has 0 aliphatic carbocycles. The highest BCUT2D eigenvalue weighted by Crippen LogP contribution is 2.59. The molecule has 0 radical (unpaired) electrons. The van der Waals surface area contributed by atoms with Gasteiger partial charge < -0.3 is 5.11 Å². The van der Waals surface area contributed by atoms with Crippen LogP contribution in [0.25, 0.3) is 0 Å².